The number of aromatic nitrogens is 1. The van der Waals surface area contributed by atoms with E-state index in [9.17, 15) is 0 Å². The van der Waals surface area contributed by atoms with Gasteiger partial charge in [-0.1, -0.05) is 36.4 Å². The highest BCUT2D eigenvalue weighted by atomic mass is 16.5. The lowest BCUT2D eigenvalue weighted by molar-refractivity contribution is 0.125. The standard InChI is InChI=1S/C16H18N2O2/c1-2-14(18-9-6-10-18)15-11-16(17-20-15)19-12-13-7-4-3-5-8-13/h2-5,7-8,11,14H,1,6,9-10,12H2. The molecule has 1 aliphatic heterocycles. The molecule has 0 aliphatic carbocycles. The molecule has 4 nitrogen and oxygen atoms in total. The number of likely N-dealkylation sites (tertiary alicyclic amines) is 1. The summed E-state index contributed by atoms with van der Waals surface area (Å²) in [6.07, 6.45) is 3.12. The summed E-state index contributed by atoms with van der Waals surface area (Å²) in [6.45, 7) is 6.53. The van der Waals surface area contributed by atoms with Gasteiger partial charge in [-0.15, -0.1) is 6.58 Å². The van der Waals surface area contributed by atoms with Crippen LogP contribution >= 0.6 is 0 Å². The SMILES string of the molecule is C=CC(c1cc(OCc2ccccc2)no1)N1CCC1. The average molecular weight is 270 g/mol. The molecule has 1 saturated heterocycles. The van der Waals surface area contributed by atoms with Crippen LogP contribution < -0.4 is 4.74 Å². The number of hydrogen-bond donors (Lipinski definition) is 0. The Morgan fingerprint density at radius 1 is 1.35 bits per heavy atom. The Morgan fingerprint density at radius 3 is 2.80 bits per heavy atom. The molecule has 104 valence electrons. The van der Waals surface area contributed by atoms with Gasteiger partial charge in [0.25, 0.3) is 5.88 Å². The molecule has 1 aliphatic rings. The molecule has 2 aromatic rings. The molecular weight excluding hydrogens is 252 g/mol. The van der Waals surface area contributed by atoms with Crippen molar-refractivity contribution in [2.45, 2.75) is 19.1 Å². The Bertz CT molecular complexity index is 561. The van der Waals surface area contributed by atoms with Crippen LogP contribution in [0.2, 0.25) is 0 Å². The fraction of sp³-hybridized carbons (Fsp3) is 0.312. The molecule has 1 atom stereocenters. The second-order valence-electron chi connectivity index (χ2n) is 4.91. The van der Waals surface area contributed by atoms with Crippen LogP contribution in [0.4, 0.5) is 0 Å². The van der Waals surface area contributed by atoms with Crippen molar-refractivity contribution < 1.29 is 9.26 Å². The highest BCUT2D eigenvalue weighted by Crippen LogP contribution is 2.28. The monoisotopic (exact) mass is 270 g/mol. The van der Waals surface area contributed by atoms with Crippen molar-refractivity contribution in [1.29, 1.82) is 0 Å². The second-order valence-corrected chi connectivity index (χ2v) is 4.91. The summed E-state index contributed by atoms with van der Waals surface area (Å²) in [5.74, 6) is 1.32. The summed E-state index contributed by atoms with van der Waals surface area (Å²) in [6, 6.07) is 12.0. The molecule has 2 heterocycles. The molecular formula is C16H18N2O2. The Labute approximate surface area is 118 Å². The van der Waals surface area contributed by atoms with Gasteiger partial charge in [0.1, 0.15) is 6.61 Å². The van der Waals surface area contributed by atoms with Crippen molar-refractivity contribution in [3.8, 4) is 5.88 Å². The molecule has 0 bridgehead atoms. The number of nitrogens with zero attached hydrogens (tertiary/aromatic N) is 2. The highest BCUT2D eigenvalue weighted by molar-refractivity contribution is 5.19. The average Bonchev–Trinajstić information content (AvgIpc) is 2.90. The third-order valence-electron chi connectivity index (χ3n) is 3.54. The van der Waals surface area contributed by atoms with E-state index in [2.05, 4.69) is 16.6 Å². The van der Waals surface area contributed by atoms with E-state index in [1.54, 1.807) is 0 Å². The molecule has 0 N–H and O–H groups in total. The number of hydrogen-bond acceptors (Lipinski definition) is 4. The zero-order valence-corrected chi connectivity index (χ0v) is 11.4. The quantitative estimate of drug-likeness (QED) is 0.756. The number of ether oxygens (including phenoxy) is 1. The van der Waals surface area contributed by atoms with Crippen LogP contribution in [0.25, 0.3) is 0 Å². The van der Waals surface area contributed by atoms with E-state index in [0.29, 0.717) is 12.5 Å². The predicted molar refractivity (Wildman–Crippen MR) is 76.4 cm³/mol. The summed E-state index contributed by atoms with van der Waals surface area (Å²) in [7, 11) is 0. The van der Waals surface area contributed by atoms with E-state index in [-0.39, 0.29) is 6.04 Å². The Balaban J connectivity index is 1.62. The summed E-state index contributed by atoms with van der Waals surface area (Å²) in [5.41, 5.74) is 1.11. The minimum absolute atomic E-state index is 0.102. The normalized spacial score (nSPS) is 16.4. The Kier molecular flexibility index (Phi) is 3.83. The topological polar surface area (TPSA) is 38.5 Å². The van der Waals surface area contributed by atoms with Crippen LogP contribution in [0, 0.1) is 0 Å². The first-order chi connectivity index (χ1) is 9.86. The van der Waals surface area contributed by atoms with Crippen LogP contribution in [0.1, 0.15) is 23.8 Å². The van der Waals surface area contributed by atoms with E-state index < -0.39 is 0 Å². The van der Waals surface area contributed by atoms with Gasteiger partial charge in [0.15, 0.2) is 5.76 Å². The lowest BCUT2D eigenvalue weighted by atomic mass is 10.1. The Morgan fingerprint density at radius 2 is 2.15 bits per heavy atom. The molecule has 1 unspecified atom stereocenters. The molecule has 3 rings (SSSR count). The first kappa shape index (κ1) is 12.9. The van der Waals surface area contributed by atoms with Gasteiger partial charge in [0, 0.05) is 19.2 Å². The molecule has 0 saturated carbocycles. The molecule has 4 heteroatoms. The van der Waals surface area contributed by atoms with E-state index in [4.69, 9.17) is 9.26 Å². The van der Waals surface area contributed by atoms with Gasteiger partial charge in [-0.3, -0.25) is 4.90 Å². The van der Waals surface area contributed by atoms with Crippen molar-refractivity contribution in [3.05, 3.63) is 60.4 Å². The molecule has 0 spiro atoms. The molecule has 20 heavy (non-hydrogen) atoms. The van der Waals surface area contributed by atoms with E-state index in [0.717, 1.165) is 24.4 Å². The van der Waals surface area contributed by atoms with Crippen LogP contribution in [0.5, 0.6) is 5.88 Å². The smallest absolute Gasteiger partial charge is 0.254 e. The van der Waals surface area contributed by atoms with Gasteiger partial charge >= 0.3 is 0 Å². The van der Waals surface area contributed by atoms with Crippen molar-refractivity contribution in [1.82, 2.24) is 10.1 Å². The third kappa shape index (κ3) is 2.75. The second kappa shape index (κ2) is 5.92. The lowest BCUT2D eigenvalue weighted by Crippen LogP contribution is -2.39. The number of benzene rings is 1. The van der Waals surface area contributed by atoms with Gasteiger partial charge in [-0.05, 0) is 17.1 Å². The maximum atomic E-state index is 5.64. The van der Waals surface area contributed by atoms with E-state index in [1.165, 1.54) is 6.42 Å². The zero-order chi connectivity index (χ0) is 13.8. The highest BCUT2D eigenvalue weighted by Gasteiger charge is 2.26. The summed E-state index contributed by atoms with van der Waals surface area (Å²) in [4.78, 5) is 2.30. The van der Waals surface area contributed by atoms with Gasteiger partial charge in [-0.2, -0.15) is 0 Å². The summed E-state index contributed by atoms with van der Waals surface area (Å²) < 4.78 is 11.0. The Hall–Kier alpha value is -2.07. The fourth-order valence-electron chi connectivity index (χ4n) is 2.28. The van der Waals surface area contributed by atoms with E-state index in [1.807, 2.05) is 42.5 Å². The van der Waals surface area contributed by atoms with Gasteiger partial charge < -0.3 is 9.26 Å². The molecule has 1 aromatic heterocycles. The lowest BCUT2D eigenvalue weighted by Gasteiger charge is -2.35. The molecule has 1 aromatic carbocycles. The van der Waals surface area contributed by atoms with Crippen LogP contribution in [-0.2, 0) is 6.61 Å². The first-order valence-corrected chi connectivity index (χ1v) is 6.87. The maximum Gasteiger partial charge on any atom is 0.254 e. The van der Waals surface area contributed by atoms with Gasteiger partial charge in [0.2, 0.25) is 0 Å². The van der Waals surface area contributed by atoms with Crippen LogP contribution in [-0.4, -0.2) is 23.1 Å². The predicted octanol–water partition coefficient (Wildman–Crippen LogP) is 3.19. The van der Waals surface area contributed by atoms with Crippen LogP contribution in [0.15, 0.2) is 53.6 Å². The fourth-order valence-corrected chi connectivity index (χ4v) is 2.28. The summed E-state index contributed by atoms with van der Waals surface area (Å²) >= 11 is 0. The number of rotatable bonds is 6. The van der Waals surface area contributed by atoms with Crippen molar-refractivity contribution in [2.75, 3.05) is 13.1 Å². The van der Waals surface area contributed by atoms with Crippen molar-refractivity contribution in [2.24, 2.45) is 0 Å². The summed E-state index contributed by atoms with van der Waals surface area (Å²) in [5, 5.41) is 3.97. The van der Waals surface area contributed by atoms with E-state index >= 15 is 0 Å². The van der Waals surface area contributed by atoms with Gasteiger partial charge in [0.05, 0.1) is 6.04 Å². The largest absolute Gasteiger partial charge is 0.471 e. The minimum Gasteiger partial charge on any atom is -0.471 e. The third-order valence-corrected chi connectivity index (χ3v) is 3.54. The minimum atomic E-state index is 0.102. The van der Waals surface area contributed by atoms with Crippen LogP contribution in [0.3, 0.4) is 0 Å². The first-order valence-electron chi connectivity index (χ1n) is 6.87. The zero-order valence-electron chi connectivity index (χ0n) is 11.4. The van der Waals surface area contributed by atoms with Crippen molar-refractivity contribution >= 4 is 0 Å². The maximum absolute atomic E-state index is 5.64. The van der Waals surface area contributed by atoms with Gasteiger partial charge in [-0.25, -0.2) is 0 Å². The molecule has 0 radical (unpaired) electrons. The molecule has 0 amide bonds. The molecule has 1 fully saturated rings. The van der Waals surface area contributed by atoms with Crippen molar-refractivity contribution in [3.63, 3.8) is 0 Å².